The first kappa shape index (κ1) is 17.9. The van der Waals surface area contributed by atoms with Gasteiger partial charge < -0.3 is 10.3 Å². The minimum absolute atomic E-state index is 0.582. The number of hydrogen-bond acceptors (Lipinski definition) is 2. The van der Waals surface area contributed by atoms with Gasteiger partial charge in [-0.25, -0.2) is 4.98 Å². The van der Waals surface area contributed by atoms with E-state index in [2.05, 4.69) is 59.5 Å². The zero-order valence-electron chi connectivity index (χ0n) is 15.1. The van der Waals surface area contributed by atoms with Gasteiger partial charge in [-0.05, 0) is 66.9 Å². The lowest BCUT2D eigenvalue weighted by molar-refractivity contribution is 1.15. The minimum atomic E-state index is 0.582. The molecule has 0 atom stereocenters. The van der Waals surface area contributed by atoms with Crippen LogP contribution in [0, 0.1) is 13.8 Å². The highest BCUT2D eigenvalue weighted by molar-refractivity contribution is 6.39. The van der Waals surface area contributed by atoms with Gasteiger partial charge in [-0.3, -0.25) is 0 Å². The average molecular weight is 396 g/mol. The van der Waals surface area contributed by atoms with Crippen LogP contribution in [0.25, 0.3) is 22.4 Å². The topological polar surface area (TPSA) is 40.7 Å². The number of nitrogens with one attached hydrogen (secondary N) is 2. The molecule has 0 saturated heterocycles. The summed E-state index contributed by atoms with van der Waals surface area (Å²) in [5.41, 5.74) is 7.44. The molecule has 0 amide bonds. The average Bonchev–Trinajstić information content (AvgIpc) is 3.05. The Kier molecular flexibility index (Phi) is 4.81. The highest BCUT2D eigenvalue weighted by Gasteiger charge is 2.13. The molecule has 0 fully saturated rings. The standard InChI is InChI=1S/C22H19Cl2N3/c1-13-6-8-16(10-14(13)2)25-12-15-7-9-19-20(11-15)27-22(26-19)21-17(23)4-3-5-18(21)24/h3-11,25H,12H2,1-2H3,(H,26,27). The van der Waals surface area contributed by atoms with Crippen LogP contribution in [0.2, 0.25) is 10.0 Å². The number of halogens is 2. The van der Waals surface area contributed by atoms with Gasteiger partial charge >= 0.3 is 0 Å². The van der Waals surface area contributed by atoms with Crippen molar-refractivity contribution in [2.24, 2.45) is 0 Å². The molecule has 4 rings (SSSR count). The van der Waals surface area contributed by atoms with E-state index in [4.69, 9.17) is 23.2 Å². The quantitative estimate of drug-likeness (QED) is 0.400. The van der Waals surface area contributed by atoms with E-state index in [9.17, 15) is 0 Å². The minimum Gasteiger partial charge on any atom is -0.381 e. The Balaban J connectivity index is 1.60. The smallest absolute Gasteiger partial charge is 0.141 e. The van der Waals surface area contributed by atoms with E-state index in [0.717, 1.165) is 28.8 Å². The molecular formula is C22H19Cl2N3. The highest BCUT2D eigenvalue weighted by Crippen LogP contribution is 2.33. The summed E-state index contributed by atoms with van der Waals surface area (Å²) in [5, 5.41) is 4.64. The third-order valence-electron chi connectivity index (χ3n) is 4.75. The van der Waals surface area contributed by atoms with Crippen LogP contribution < -0.4 is 5.32 Å². The molecule has 0 spiro atoms. The van der Waals surface area contributed by atoms with Crippen molar-refractivity contribution in [1.29, 1.82) is 0 Å². The van der Waals surface area contributed by atoms with Crippen molar-refractivity contribution < 1.29 is 0 Å². The lowest BCUT2D eigenvalue weighted by atomic mass is 10.1. The zero-order valence-corrected chi connectivity index (χ0v) is 16.6. The molecule has 0 saturated carbocycles. The van der Waals surface area contributed by atoms with Gasteiger partial charge in [-0.15, -0.1) is 0 Å². The predicted molar refractivity (Wildman–Crippen MR) is 115 cm³/mol. The zero-order chi connectivity index (χ0) is 19.0. The van der Waals surface area contributed by atoms with Crippen LogP contribution in [0.15, 0.2) is 54.6 Å². The Morgan fingerprint density at radius 1 is 0.926 bits per heavy atom. The summed E-state index contributed by atoms with van der Waals surface area (Å²) in [7, 11) is 0. The molecule has 0 unspecified atom stereocenters. The Morgan fingerprint density at radius 2 is 1.70 bits per heavy atom. The number of H-pyrrole nitrogens is 1. The Hall–Kier alpha value is -2.49. The van der Waals surface area contributed by atoms with Gasteiger partial charge in [-0.2, -0.15) is 0 Å². The Labute approximate surface area is 168 Å². The molecule has 0 aliphatic rings. The summed E-state index contributed by atoms with van der Waals surface area (Å²) < 4.78 is 0. The van der Waals surface area contributed by atoms with E-state index >= 15 is 0 Å². The van der Waals surface area contributed by atoms with E-state index in [1.54, 1.807) is 0 Å². The SMILES string of the molecule is Cc1ccc(NCc2ccc3nc(-c4c(Cl)cccc4Cl)[nH]c3c2)cc1C. The summed E-state index contributed by atoms with van der Waals surface area (Å²) in [6.45, 7) is 4.98. The Bertz CT molecular complexity index is 1110. The molecule has 1 heterocycles. The van der Waals surface area contributed by atoms with Gasteiger partial charge in [0.25, 0.3) is 0 Å². The number of aromatic nitrogens is 2. The summed E-state index contributed by atoms with van der Waals surface area (Å²) in [4.78, 5) is 7.98. The third kappa shape index (κ3) is 3.66. The lowest BCUT2D eigenvalue weighted by Gasteiger charge is -2.09. The van der Waals surface area contributed by atoms with Crippen molar-refractivity contribution in [3.05, 3.63) is 81.3 Å². The van der Waals surface area contributed by atoms with E-state index in [0.29, 0.717) is 15.9 Å². The molecule has 0 bridgehead atoms. The second-order valence-electron chi connectivity index (χ2n) is 6.69. The van der Waals surface area contributed by atoms with Crippen LogP contribution in [0.4, 0.5) is 5.69 Å². The predicted octanol–water partition coefficient (Wildman–Crippen LogP) is 6.77. The van der Waals surface area contributed by atoms with E-state index in [1.165, 1.54) is 16.7 Å². The fourth-order valence-corrected chi connectivity index (χ4v) is 3.64. The third-order valence-corrected chi connectivity index (χ3v) is 5.38. The van der Waals surface area contributed by atoms with Gasteiger partial charge in [0.1, 0.15) is 5.82 Å². The highest BCUT2D eigenvalue weighted by atomic mass is 35.5. The molecule has 136 valence electrons. The number of hydrogen-bond donors (Lipinski definition) is 2. The summed E-state index contributed by atoms with van der Waals surface area (Å²) >= 11 is 12.6. The number of nitrogens with zero attached hydrogens (tertiary/aromatic N) is 1. The first-order valence-electron chi connectivity index (χ1n) is 8.75. The molecule has 0 aliphatic heterocycles. The largest absolute Gasteiger partial charge is 0.381 e. The van der Waals surface area contributed by atoms with Gasteiger partial charge in [0.2, 0.25) is 0 Å². The van der Waals surface area contributed by atoms with E-state index < -0.39 is 0 Å². The maximum absolute atomic E-state index is 6.31. The summed E-state index contributed by atoms with van der Waals surface area (Å²) in [6.07, 6.45) is 0. The van der Waals surface area contributed by atoms with Crippen LogP contribution >= 0.6 is 23.2 Å². The first-order chi connectivity index (χ1) is 13.0. The van der Waals surface area contributed by atoms with Gasteiger partial charge in [-0.1, -0.05) is 41.4 Å². The normalized spacial score (nSPS) is 11.1. The molecule has 0 aliphatic carbocycles. The number of aromatic amines is 1. The van der Waals surface area contributed by atoms with E-state index in [-0.39, 0.29) is 0 Å². The maximum atomic E-state index is 6.31. The van der Waals surface area contributed by atoms with Crippen LogP contribution in [0.3, 0.4) is 0 Å². The molecule has 27 heavy (non-hydrogen) atoms. The van der Waals surface area contributed by atoms with Crippen molar-refractivity contribution in [1.82, 2.24) is 9.97 Å². The van der Waals surface area contributed by atoms with Crippen molar-refractivity contribution in [2.45, 2.75) is 20.4 Å². The molecule has 3 nitrogen and oxygen atoms in total. The lowest BCUT2D eigenvalue weighted by Crippen LogP contribution is -1.99. The number of anilines is 1. The number of rotatable bonds is 4. The number of imidazole rings is 1. The maximum Gasteiger partial charge on any atom is 0.141 e. The van der Waals surface area contributed by atoms with Crippen molar-refractivity contribution in [3.8, 4) is 11.4 Å². The molecule has 4 aromatic rings. The van der Waals surface area contributed by atoms with Crippen molar-refractivity contribution in [3.63, 3.8) is 0 Å². The number of fused-ring (bicyclic) bond motifs is 1. The second kappa shape index (κ2) is 7.26. The van der Waals surface area contributed by atoms with Crippen LogP contribution in [-0.4, -0.2) is 9.97 Å². The summed E-state index contributed by atoms with van der Waals surface area (Å²) in [6, 6.07) is 18.1. The molecule has 5 heteroatoms. The number of benzene rings is 3. The van der Waals surface area contributed by atoms with E-state index in [1.807, 2.05) is 24.3 Å². The number of aryl methyl sites for hydroxylation is 2. The van der Waals surface area contributed by atoms with Crippen molar-refractivity contribution >= 4 is 39.9 Å². The van der Waals surface area contributed by atoms with Crippen molar-refractivity contribution in [2.75, 3.05) is 5.32 Å². The molecule has 3 aromatic carbocycles. The molecule has 1 aromatic heterocycles. The Morgan fingerprint density at radius 3 is 2.44 bits per heavy atom. The monoisotopic (exact) mass is 395 g/mol. The van der Waals surface area contributed by atoms with Gasteiger partial charge in [0.05, 0.1) is 26.6 Å². The molecule has 2 N–H and O–H groups in total. The van der Waals surface area contributed by atoms with Gasteiger partial charge in [0, 0.05) is 12.2 Å². The molecule has 0 radical (unpaired) electrons. The van der Waals surface area contributed by atoms with Crippen LogP contribution in [0.1, 0.15) is 16.7 Å². The molecular weight excluding hydrogens is 377 g/mol. The fraction of sp³-hybridized carbons (Fsp3) is 0.136. The fourth-order valence-electron chi connectivity index (χ4n) is 3.06. The summed E-state index contributed by atoms with van der Waals surface area (Å²) in [5.74, 6) is 0.680. The van der Waals surface area contributed by atoms with Gasteiger partial charge in [0.15, 0.2) is 0 Å². The second-order valence-corrected chi connectivity index (χ2v) is 7.50. The first-order valence-corrected chi connectivity index (χ1v) is 9.51. The van der Waals surface area contributed by atoms with Crippen LogP contribution in [0.5, 0.6) is 0 Å². The van der Waals surface area contributed by atoms with Crippen LogP contribution in [-0.2, 0) is 6.54 Å².